The third kappa shape index (κ3) is 3.37. The van der Waals surface area contributed by atoms with E-state index in [-0.39, 0.29) is 31.0 Å². The summed E-state index contributed by atoms with van der Waals surface area (Å²) in [5, 5.41) is 10.7. The smallest absolute Gasteiger partial charge is 0.373 e. The standard InChI is InChI=1S/C17H18N2O7/c20-14-3-1-2-10-18(14)17(9-8-15(21)26-17)16(22)25-11-12-4-6-13(7-5-12)19(23)24/h4-7H,1-3,8-11H2/t17-/m1/s1. The Morgan fingerprint density at radius 3 is 2.54 bits per heavy atom. The second kappa shape index (κ2) is 7.11. The predicted molar refractivity (Wildman–Crippen MR) is 86.5 cm³/mol. The number of esters is 2. The average Bonchev–Trinajstić information content (AvgIpc) is 3.03. The highest BCUT2D eigenvalue weighted by molar-refractivity contribution is 5.91. The van der Waals surface area contributed by atoms with E-state index in [9.17, 15) is 24.5 Å². The molecule has 9 nitrogen and oxygen atoms in total. The molecule has 26 heavy (non-hydrogen) atoms. The first kappa shape index (κ1) is 17.8. The minimum atomic E-state index is -1.70. The van der Waals surface area contributed by atoms with Crippen molar-refractivity contribution in [1.82, 2.24) is 4.90 Å². The van der Waals surface area contributed by atoms with Crippen LogP contribution in [0.3, 0.4) is 0 Å². The van der Waals surface area contributed by atoms with Gasteiger partial charge < -0.3 is 9.47 Å². The Balaban J connectivity index is 1.73. The van der Waals surface area contributed by atoms with Gasteiger partial charge in [0, 0.05) is 31.5 Å². The Labute approximate surface area is 149 Å². The number of likely N-dealkylation sites (tertiary alicyclic amines) is 1. The Hall–Kier alpha value is -2.97. The first-order valence-corrected chi connectivity index (χ1v) is 8.35. The van der Waals surface area contributed by atoms with Crippen molar-refractivity contribution in [3.63, 3.8) is 0 Å². The summed E-state index contributed by atoms with van der Waals surface area (Å²) >= 11 is 0. The van der Waals surface area contributed by atoms with Gasteiger partial charge in [0.1, 0.15) is 6.61 Å². The maximum Gasteiger partial charge on any atom is 0.373 e. The molecule has 0 spiro atoms. The first-order chi connectivity index (χ1) is 12.4. The zero-order valence-corrected chi connectivity index (χ0v) is 14.0. The molecule has 0 saturated carbocycles. The largest absolute Gasteiger partial charge is 0.456 e. The molecule has 1 aromatic rings. The highest BCUT2D eigenvalue weighted by Crippen LogP contribution is 2.35. The molecule has 0 aromatic heterocycles. The highest BCUT2D eigenvalue weighted by Gasteiger charge is 2.55. The second-order valence-corrected chi connectivity index (χ2v) is 6.26. The number of carbonyl (C=O) groups is 3. The molecule has 0 unspecified atom stereocenters. The van der Waals surface area contributed by atoms with E-state index in [1.54, 1.807) is 0 Å². The van der Waals surface area contributed by atoms with Crippen molar-refractivity contribution in [3.05, 3.63) is 39.9 Å². The molecule has 1 amide bonds. The van der Waals surface area contributed by atoms with Crippen LogP contribution in [0.5, 0.6) is 0 Å². The number of piperidine rings is 1. The number of nitro groups is 1. The number of hydrogen-bond acceptors (Lipinski definition) is 7. The lowest BCUT2D eigenvalue weighted by atomic mass is 10.0. The van der Waals surface area contributed by atoms with Crippen molar-refractivity contribution < 1.29 is 28.8 Å². The molecular weight excluding hydrogens is 344 g/mol. The number of rotatable bonds is 5. The van der Waals surface area contributed by atoms with E-state index < -0.39 is 22.6 Å². The van der Waals surface area contributed by atoms with E-state index in [1.807, 2.05) is 0 Å². The SMILES string of the molecule is O=C1CC[C@@](C(=O)OCc2ccc([N+](=O)[O-])cc2)(N2CCCCC2=O)O1. The molecule has 0 N–H and O–H groups in total. The van der Waals surface area contributed by atoms with Crippen molar-refractivity contribution in [1.29, 1.82) is 0 Å². The molecule has 9 heteroatoms. The summed E-state index contributed by atoms with van der Waals surface area (Å²) in [4.78, 5) is 48.0. The van der Waals surface area contributed by atoms with Crippen LogP contribution in [-0.2, 0) is 30.5 Å². The van der Waals surface area contributed by atoms with Crippen LogP contribution in [0.1, 0.15) is 37.7 Å². The van der Waals surface area contributed by atoms with Crippen LogP contribution >= 0.6 is 0 Å². The maximum atomic E-state index is 12.7. The summed E-state index contributed by atoms with van der Waals surface area (Å²) in [7, 11) is 0. The van der Waals surface area contributed by atoms with Crippen LogP contribution in [0, 0.1) is 10.1 Å². The molecule has 2 aliphatic rings. The number of cyclic esters (lactones) is 1. The molecular formula is C17H18N2O7. The molecule has 1 aromatic carbocycles. The normalized spacial score (nSPS) is 22.8. The van der Waals surface area contributed by atoms with Crippen LogP contribution in [0.25, 0.3) is 0 Å². The van der Waals surface area contributed by atoms with E-state index in [4.69, 9.17) is 9.47 Å². The minimum absolute atomic E-state index is 0.0381. The number of nitrogens with zero attached hydrogens (tertiary/aromatic N) is 2. The molecule has 2 heterocycles. The Kier molecular flexibility index (Phi) is 4.88. The quantitative estimate of drug-likeness (QED) is 0.444. The molecule has 138 valence electrons. The summed E-state index contributed by atoms with van der Waals surface area (Å²) < 4.78 is 10.5. The van der Waals surface area contributed by atoms with Gasteiger partial charge in [0.25, 0.3) is 11.4 Å². The average molecular weight is 362 g/mol. The number of hydrogen-bond donors (Lipinski definition) is 0. The van der Waals surface area contributed by atoms with Crippen LogP contribution in [0.15, 0.2) is 24.3 Å². The number of benzene rings is 1. The van der Waals surface area contributed by atoms with Crippen molar-refractivity contribution in [2.24, 2.45) is 0 Å². The fraction of sp³-hybridized carbons (Fsp3) is 0.471. The number of non-ortho nitro benzene ring substituents is 1. The van der Waals surface area contributed by atoms with Gasteiger partial charge in [-0.15, -0.1) is 0 Å². The highest BCUT2D eigenvalue weighted by atomic mass is 16.6. The summed E-state index contributed by atoms with van der Waals surface area (Å²) in [5.74, 6) is -1.58. The number of carbonyl (C=O) groups excluding carboxylic acids is 3. The van der Waals surface area contributed by atoms with Gasteiger partial charge in [-0.1, -0.05) is 0 Å². The minimum Gasteiger partial charge on any atom is -0.456 e. The zero-order valence-electron chi connectivity index (χ0n) is 14.0. The van der Waals surface area contributed by atoms with Gasteiger partial charge in [0.15, 0.2) is 0 Å². The van der Waals surface area contributed by atoms with E-state index in [2.05, 4.69) is 0 Å². The van der Waals surface area contributed by atoms with E-state index >= 15 is 0 Å². The van der Waals surface area contributed by atoms with Crippen LogP contribution in [0.4, 0.5) is 5.69 Å². The van der Waals surface area contributed by atoms with E-state index in [1.165, 1.54) is 29.2 Å². The number of amides is 1. The Morgan fingerprint density at radius 1 is 1.23 bits per heavy atom. The van der Waals surface area contributed by atoms with Crippen molar-refractivity contribution in [2.45, 2.75) is 44.4 Å². The van der Waals surface area contributed by atoms with Crippen molar-refractivity contribution in [3.8, 4) is 0 Å². The van der Waals surface area contributed by atoms with Crippen LogP contribution < -0.4 is 0 Å². The zero-order chi connectivity index (χ0) is 18.7. The molecule has 0 radical (unpaired) electrons. The Morgan fingerprint density at radius 2 is 1.96 bits per heavy atom. The lowest BCUT2D eigenvalue weighted by Gasteiger charge is -2.39. The summed E-state index contributed by atoms with van der Waals surface area (Å²) in [6, 6.07) is 5.57. The molecule has 3 rings (SSSR count). The monoisotopic (exact) mass is 362 g/mol. The summed E-state index contributed by atoms with van der Waals surface area (Å²) in [6.07, 6.45) is 1.86. The molecule has 2 fully saturated rings. The van der Waals surface area contributed by atoms with Crippen molar-refractivity contribution >= 4 is 23.5 Å². The number of nitro benzene ring substituents is 1. The fourth-order valence-electron chi connectivity index (χ4n) is 3.17. The molecule has 1 atom stereocenters. The van der Waals surface area contributed by atoms with Crippen LogP contribution in [0.2, 0.25) is 0 Å². The molecule has 2 saturated heterocycles. The van der Waals surface area contributed by atoms with E-state index in [0.717, 1.165) is 12.8 Å². The second-order valence-electron chi connectivity index (χ2n) is 6.26. The summed E-state index contributed by atoms with van der Waals surface area (Å²) in [5.41, 5.74) is -1.22. The molecule has 0 aliphatic carbocycles. The summed E-state index contributed by atoms with van der Waals surface area (Å²) in [6.45, 7) is 0.191. The molecule has 2 aliphatic heterocycles. The maximum absolute atomic E-state index is 12.7. The third-order valence-corrected chi connectivity index (χ3v) is 4.55. The topological polar surface area (TPSA) is 116 Å². The van der Waals surface area contributed by atoms with Gasteiger partial charge in [-0.25, -0.2) is 4.79 Å². The predicted octanol–water partition coefficient (Wildman–Crippen LogP) is 1.68. The first-order valence-electron chi connectivity index (χ1n) is 8.35. The lowest BCUT2D eigenvalue weighted by Crippen LogP contribution is -2.59. The third-order valence-electron chi connectivity index (χ3n) is 4.55. The van der Waals surface area contributed by atoms with Gasteiger partial charge in [0.05, 0.1) is 11.3 Å². The van der Waals surface area contributed by atoms with Gasteiger partial charge in [0.2, 0.25) is 5.91 Å². The van der Waals surface area contributed by atoms with E-state index in [0.29, 0.717) is 18.5 Å². The van der Waals surface area contributed by atoms with Crippen LogP contribution in [-0.4, -0.2) is 39.9 Å². The number of ether oxygens (including phenoxy) is 2. The fourth-order valence-corrected chi connectivity index (χ4v) is 3.17. The van der Waals surface area contributed by atoms with Gasteiger partial charge in [-0.3, -0.25) is 24.6 Å². The van der Waals surface area contributed by atoms with Crippen molar-refractivity contribution in [2.75, 3.05) is 6.54 Å². The van der Waals surface area contributed by atoms with Gasteiger partial charge in [-0.05, 0) is 30.5 Å². The molecule has 0 bridgehead atoms. The lowest BCUT2D eigenvalue weighted by molar-refractivity contribution is -0.384. The van der Waals surface area contributed by atoms with Gasteiger partial charge >= 0.3 is 11.9 Å². The Bertz CT molecular complexity index is 746. The van der Waals surface area contributed by atoms with Gasteiger partial charge in [-0.2, -0.15) is 0 Å².